The molecule has 10 heteroatoms. The molecule has 0 saturated heterocycles. The van der Waals surface area contributed by atoms with E-state index in [0.717, 1.165) is 11.0 Å². The molecule has 0 amide bonds. The monoisotopic (exact) mass is 428 g/mol. The summed E-state index contributed by atoms with van der Waals surface area (Å²) in [4.78, 5) is 11.3. The molecule has 0 aliphatic heterocycles. The van der Waals surface area contributed by atoms with Gasteiger partial charge in [-0.1, -0.05) is 19.9 Å². The van der Waals surface area contributed by atoms with Gasteiger partial charge in [-0.05, 0) is 18.2 Å². The van der Waals surface area contributed by atoms with Crippen molar-refractivity contribution in [2.75, 3.05) is 30.5 Å². The average Bonchev–Trinajstić information content (AvgIpc) is 3.15. The first kappa shape index (κ1) is 21.5. The van der Waals surface area contributed by atoms with Crippen LogP contribution in [-0.4, -0.2) is 45.7 Å². The van der Waals surface area contributed by atoms with E-state index in [2.05, 4.69) is 20.6 Å². The summed E-state index contributed by atoms with van der Waals surface area (Å²) in [6, 6.07) is 8.91. The van der Waals surface area contributed by atoms with Gasteiger partial charge in [-0.25, -0.2) is 0 Å². The van der Waals surface area contributed by atoms with Gasteiger partial charge in [0.05, 0.1) is 29.6 Å². The zero-order valence-electron chi connectivity index (χ0n) is 17.4. The second-order valence-corrected chi connectivity index (χ2v) is 10.2. The van der Waals surface area contributed by atoms with Gasteiger partial charge in [-0.2, -0.15) is 5.10 Å². The van der Waals surface area contributed by atoms with E-state index >= 15 is 0 Å². The number of carbonyl (C=O) groups excluding carboxylic acids is 1. The molecular formula is C20H25N6O3P. The Bertz CT molecular complexity index is 1120. The molecule has 0 aliphatic rings. The summed E-state index contributed by atoms with van der Waals surface area (Å²) >= 11 is 0. The molecule has 30 heavy (non-hydrogen) atoms. The van der Waals surface area contributed by atoms with Crippen molar-refractivity contribution in [3.8, 4) is 17.0 Å². The van der Waals surface area contributed by atoms with Gasteiger partial charge in [-0.15, -0.1) is 10.2 Å². The third-order valence-corrected chi connectivity index (χ3v) is 8.31. The van der Waals surface area contributed by atoms with Crippen molar-refractivity contribution >= 4 is 36.1 Å². The fourth-order valence-corrected chi connectivity index (χ4v) is 5.35. The zero-order chi connectivity index (χ0) is 21.9. The number of benzene rings is 1. The molecule has 0 atom stereocenters. The molecule has 0 fully saturated rings. The minimum Gasteiger partial charge on any atom is -0.494 e. The van der Waals surface area contributed by atoms with Crippen molar-refractivity contribution < 1.29 is 14.1 Å². The number of aryl methyl sites for hydroxylation is 1. The largest absolute Gasteiger partial charge is 0.494 e. The van der Waals surface area contributed by atoms with Gasteiger partial charge in [0.25, 0.3) is 0 Å². The number of hydrogen-bond acceptors (Lipinski definition) is 8. The van der Waals surface area contributed by atoms with Crippen LogP contribution in [0.3, 0.4) is 0 Å². The standard InChI is InChI=1S/C20H25N6O3P/c1-5-30(28,6-2)19-11-15(25-26(19)3)13-8-7-9-14(20(13)29-4)22-16-10-18(21)24-23-17(16)12-27/h7-12H,5-6H2,1-4H3,(H3,21,22,24). The van der Waals surface area contributed by atoms with Crippen LogP contribution in [0.2, 0.25) is 0 Å². The van der Waals surface area contributed by atoms with Crippen molar-refractivity contribution in [1.82, 2.24) is 20.0 Å². The van der Waals surface area contributed by atoms with Gasteiger partial charge in [0.1, 0.15) is 18.7 Å². The number of rotatable bonds is 8. The molecule has 1 aromatic carbocycles. The molecule has 0 radical (unpaired) electrons. The number of nitrogens with zero attached hydrogens (tertiary/aromatic N) is 4. The number of para-hydroxylation sites is 1. The Kier molecular flexibility index (Phi) is 6.22. The van der Waals surface area contributed by atoms with Crippen LogP contribution in [0.25, 0.3) is 11.3 Å². The van der Waals surface area contributed by atoms with Crippen LogP contribution in [0, 0.1) is 0 Å². The Labute approximate surface area is 175 Å². The second kappa shape index (κ2) is 8.67. The number of ether oxygens (including phenoxy) is 1. The fourth-order valence-electron chi connectivity index (χ4n) is 3.32. The van der Waals surface area contributed by atoms with Crippen LogP contribution in [0.1, 0.15) is 24.3 Å². The van der Waals surface area contributed by atoms with Gasteiger partial charge >= 0.3 is 0 Å². The number of carbonyl (C=O) groups is 1. The first-order valence-corrected chi connectivity index (χ1v) is 11.6. The predicted octanol–water partition coefficient (Wildman–Crippen LogP) is 3.05. The van der Waals surface area contributed by atoms with Gasteiger partial charge in [0, 0.05) is 31.0 Å². The van der Waals surface area contributed by atoms with Gasteiger partial charge in [0.15, 0.2) is 12.0 Å². The molecular weight excluding hydrogens is 403 g/mol. The van der Waals surface area contributed by atoms with Crippen LogP contribution in [0.4, 0.5) is 17.2 Å². The van der Waals surface area contributed by atoms with Crippen LogP contribution in [0.5, 0.6) is 5.75 Å². The fraction of sp³-hybridized carbons (Fsp3) is 0.300. The molecule has 158 valence electrons. The summed E-state index contributed by atoms with van der Waals surface area (Å²) in [6.07, 6.45) is 1.75. The lowest BCUT2D eigenvalue weighted by Crippen LogP contribution is -2.17. The SMILES string of the molecule is CCP(=O)(CC)c1cc(-c2cccc(Nc3cc(N)nnc3C=O)c2OC)nn1C. The van der Waals surface area contributed by atoms with Crippen molar-refractivity contribution in [3.63, 3.8) is 0 Å². The summed E-state index contributed by atoms with van der Waals surface area (Å²) in [5, 5.41) is 15.2. The van der Waals surface area contributed by atoms with E-state index in [1.54, 1.807) is 24.9 Å². The van der Waals surface area contributed by atoms with E-state index in [9.17, 15) is 9.36 Å². The van der Waals surface area contributed by atoms with Crippen LogP contribution in [0.15, 0.2) is 30.3 Å². The molecule has 2 aromatic heterocycles. The van der Waals surface area contributed by atoms with E-state index in [1.807, 2.05) is 32.0 Å². The quantitative estimate of drug-likeness (QED) is 0.414. The molecule has 0 unspecified atom stereocenters. The number of nitrogens with two attached hydrogens (primary N) is 1. The van der Waals surface area contributed by atoms with E-state index < -0.39 is 7.14 Å². The minimum absolute atomic E-state index is 0.128. The summed E-state index contributed by atoms with van der Waals surface area (Å²) < 4.78 is 20.6. The number of aromatic nitrogens is 4. The molecule has 0 aliphatic carbocycles. The predicted molar refractivity (Wildman–Crippen MR) is 119 cm³/mol. The Morgan fingerprint density at radius 3 is 2.57 bits per heavy atom. The van der Waals surface area contributed by atoms with Gasteiger partial charge < -0.3 is 20.4 Å². The number of hydrogen-bond donors (Lipinski definition) is 2. The Balaban J connectivity index is 2.09. The highest BCUT2D eigenvalue weighted by molar-refractivity contribution is 7.71. The molecule has 9 nitrogen and oxygen atoms in total. The lowest BCUT2D eigenvalue weighted by atomic mass is 10.1. The number of nitrogens with one attached hydrogen (secondary N) is 1. The summed E-state index contributed by atoms with van der Waals surface area (Å²) in [6.45, 7) is 3.86. The Morgan fingerprint density at radius 2 is 1.93 bits per heavy atom. The minimum atomic E-state index is -2.50. The van der Waals surface area contributed by atoms with Crippen molar-refractivity contribution in [2.45, 2.75) is 13.8 Å². The summed E-state index contributed by atoms with van der Waals surface area (Å²) in [5.74, 6) is 0.708. The third-order valence-electron chi connectivity index (χ3n) is 5.01. The van der Waals surface area contributed by atoms with Crippen LogP contribution < -0.4 is 21.2 Å². The zero-order valence-corrected chi connectivity index (χ0v) is 18.3. The lowest BCUT2D eigenvalue weighted by Gasteiger charge is -2.15. The topological polar surface area (TPSA) is 125 Å². The highest BCUT2D eigenvalue weighted by Crippen LogP contribution is 2.45. The Hall–Kier alpha value is -3.19. The third kappa shape index (κ3) is 3.93. The normalized spacial score (nSPS) is 11.3. The molecule has 3 aromatic rings. The molecule has 2 heterocycles. The van der Waals surface area contributed by atoms with E-state index in [-0.39, 0.29) is 11.5 Å². The van der Waals surface area contributed by atoms with E-state index in [0.29, 0.717) is 41.4 Å². The van der Waals surface area contributed by atoms with Crippen molar-refractivity contribution in [1.29, 1.82) is 0 Å². The molecule has 3 N–H and O–H groups in total. The lowest BCUT2D eigenvalue weighted by molar-refractivity contribution is 0.111. The maximum absolute atomic E-state index is 13.2. The maximum Gasteiger partial charge on any atom is 0.172 e. The first-order chi connectivity index (χ1) is 14.4. The van der Waals surface area contributed by atoms with Gasteiger partial charge in [0.2, 0.25) is 0 Å². The maximum atomic E-state index is 13.2. The smallest absolute Gasteiger partial charge is 0.172 e. The summed E-state index contributed by atoms with van der Waals surface area (Å²) in [5.41, 5.74) is 8.97. The average molecular weight is 428 g/mol. The van der Waals surface area contributed by atoms with Crippen LogP contribution >= 0.6 is 7.14 Å². The highest BCUT2D eigenvalue weighted by atomic mass is 31.2. The molecule has 0 saturated carbocycles. The highest BCUT2D eigenvalue weighted by Gasteiger charge is 2.26. The number of methoxy groups -OCH3 is 1. The molecule has 0 bridgehead atoms. The Morgan fingerprint density at radius 1 is 1.20 bits per heavy atom. The number of anilines is 3. The summed E-state index contributed by atoms with van der Waals surface area (Å²) in [7, 11) is 0.850. The first-order valence-electron chi connectivity index (χ1n) is 9.52. The second-order valence-electron chi connectivity index (χ2n) is 6.73. The molecule has 3 rings (SSSR count). The van der Waals surface area contributed by atoms with Crippen LogP contribution in [-0.2, 0) is 11.6 Å². The van der Waals surface area contributed by atoms with E-state index in [4.69, 9.17) is 10.5 Å². The number of aldehydes is 1. The number of nitrogen functional groups attached to an aromatic ring is 1. The van der Waals surface area contributed by atoms with E-state index in [1.165, 1.54) is 6.07 Å². The van der Waals surface area contributed by atoms with Crippen molar-refractivity contribution in [3.05, 3.63) is 36.0 Å². The van der Waals surface area contributed by atoms with Crippen molar-refractivity contribution in [2.24, 2.45) is 7.05 Å². The molecule has 0 spiro atoms. The van der Waals surface area contributed by atoms with Gasteiger partial charge in [-0.3, -0.25) is 9.48 Å².